The number of aryl methyl sites for hydroxylation is 1. The van der Waals surface area contributed by atoms with Crippen molar-refractivity contribution < 1.29 is 58.2 Å². The van der Waals surface area contributed by atoms with Gasteiger partial charge in [-0.25, -0.2) is 17.6 Å². The molecule has 3 amide bonds. The molecule has 0 aliphatic carbocycles. The van der Waals surface area contributed by atoms with Crippen LogP contribution >= 0.6 is 0 Å². The predicted octanol–water partition coefficient (Wildman–Crippen LogP) is 6.34. The molecule has 3 aromatic carbocycles. The lowest BCUT2D eigenvalue weighted by atomic mass is 9.88. The van der Waals surface area contributed by atoms with E-state index in [1.807, 2.05) is 0 Å². The molecule has 2 aliphatic rings. The van der Waals surface area contributed by atoms with Crippen molar-refractivity contribution in [3.05, 3.63) is 94.8 Å². The Morgan fingerprint density at radius 1 is 0.808 bits per heavy atom. The molecule has 0 radical (unpaired) electrons. The zero-order chi connectivity index (χ0) is 38.3. The van der Waals surface area contributed by atoms with Crippen LogP contribution in [0.25, 0.3) is 0 Å². The molecular formula is C35H36F7N3O6S. The van der Waals surface area contributed by atoms with Gasteiger partial charge in [0, 0.05) is 57.3 Å². The first-order valence-corrected chi connectivity index (χ1v) is 17.6. The van der Waals surface area contributed by atoms with Crippen LogP contribution < -0.4 is 4.74 Å². The number of carbonyl (C=O) groups excluding carboxylic acids is 2. The highest BCUT2D eigenvalue weighted by atomic mass is 32.2. The maximum atomic E-state index is 14.7. The average Bonchev–Trinajstić information content (AvgIpc) is 3.55. The van der Waals surface area contributed by atoms with Gasteiger partial charge < -0.3 is 24.2 Å². The van der Waals surface area contributed by atoms with Crippen molar-refractivity contribution >= 4 is 21.8 Å². The summed E-state index contributed by atoms with van der Waals surface area (Å²) in [5.41, 5.74) is -5.81. The number of sulfone groups is 1. The van der Waals surface area contributed by atoms with E-state index in [2.05, 4.69) is 0 Å². The summed E-state index contributed by atoms with van der Waals surface area (Å²) >= 11 is 0. The quantitative estimate of drug-likeness (QED) is 0.197. The number of amides is 3. The molecule has 52 heavy (non-hydrogen) atoms. The molecule has 0 N–H and O–H groups in total. The van der Waals surface area contributed by atoms with Crippen LogP contribution in [0.3, 0.4) is 0 Å². The third-order valence-electron chi connectivity index (χ3n) is 9.64. The largest absolute Gasteiger partial charge is 0.496 e. The van der Waals surface area contributed by atoms with Crippen LogP contribution in [0.1, 0.15) is 35.6 Å². The fraction of sp³-hybridized carbons (Fsp3) is 0.429. The molecular weight excluding hydrogens is 723 g/mol. The molecule has 5 rings (SSSR count). The molecule has 2 heterocycles. The number of likely N-dealkylation sites (tertiary alicyclic amines) is 1. The van der Waals surface area contributed by atoms with Crippen LogP contribution in [0.4, 0.5) is 35.5 Å². The minimum Gasteiger partial charge on any atom is -0.496 e. The first-order valence-electron chi connectivity index (χ1n) is 16.1. The summed E-state index contributed by atoms with van der Waals surface area (Å²) in [6.45, 7) is 2.06. The molecule has 2 aliphatic heterocycles. The molecule has 0 unspecified atom stereocenters. The van der Waals surface area contributed by atoms with Gasteiger partial charge in [-0.1, -0.05) is 36.4 Å². The van der Waals surface area contributed by atoms with Crippen molar-refractivity contribution in [3.8, 4) is 5.75 Å². The van der Waals surface area contributed by atoms with Gasteiger partial charge in [0.25, 0.3) is 5.60 Å². The number of ether oxygens (including phenoxy) is 2. The highest BCUT2D eigenvalue weighted by Gasteiger charge is 2.73. The number of rotatable bonds is 8. The van der Waals surface area contributed by atoms with Gasteiger partial charge in [0.1, 0.15) is 16.3 Å². The topological polar surface area (TPSA) is 96.5 Å². The number of hydrogen-bond acceptors (Lipinski definition) is 6. The van der Waals surface area contributed by atoms with E-state index in [1.165, 1.54) is 42.0 Å². The molecule has 0 aromatic heterocycles. The van der Waals surface area contributed by atoms with Gasteiger partial charge in [-0.2, -0.15) is 26.3 Å². The fourth-order valence-corrected chi connectivity index (χ4v) is 8.79. The Balaban J connectivity index is 1.56. The number of halogens is 7. The van der Waals surface area contributed by atoms with Gasteiger partial charge in [0.2, 0.25) is 5.91 Å². The van der Waals surface area contributed by atoms with Crippen molar-refractivity contribution in [2.24, 2.45) is 0 Å². The van der Waals surface area contributed by atoms with Crippen molar-refractivity contribution in [2.75, 3.05) is 46.4 Å². The predicted molar refractivity (Wildman–Crippen MR) is 173 cm³/mol. The van der Waals surface area contributed by atoms with Gasteiger partial charge in [-0.05, 0) is 54.8 Å². The smallest absolute Gasteiger partial charge is 0.430 e. The molecule has 0 spiro atoms. The molecule has 282 valence electrons. The number of hydrogen-bond donors (Lipinski definition) is 0. The monoisotopic (exact) mass is 759 g/mol. The summed E-state index contributed by atoms with van der Waals surface area (Å²) < 4.78 is 139. The normalized spacial score (nSPS) is 18.8. The summed E-state index contributed by atoms with van der Waals surface area (Å²) in [4.78, 5) is 29.2. The second-order valence-electron chi connectivity index (χ2n) is 12.8. The number of alkyl halides is 6. The Labute approximate surface area is 295 Å². The lowest BCUT2D eigenvalue weighted by molar-refractivity contribution is -0.392. The maximum absolute atomic E-state index is 14.7. The Hall–Kier alpha value is -4.38. The van der Waals surface area contributed by atoms with Crippen LogP contribution in [0.5, 0.6) is 5.75 Å². The standard InChI is InChI=1S/C35H36F7N3O6S/c1-23-4-5-25(30(20-23)50-3)21-51-33(34(37,38)39,35(40,41)42)27-8-6-26(7-9-27)32(52(48,49)29-12-10-28(36)11-13-29)14-15-45(22-32)31(47)44-18-16-43(17-19-44)24(2)46/h4-13,20H,14-19,21-22H2,1-3H3/t32-/m0/s1. The highest BCUT2D eigenvalue weighted by Crippen LogP contribution is 2.54. The SMILES string of the molecule is COc1cc(C)ccc1COC(c1ccc([C@]2(S(=O)(=O)c3ccc(F)cc3)CCN(C(=O)N3CCN(C(C)=O)CC3)C2)cc1)(C(F)(F)F)C(F)(F)F. The average molecular weight is 760 g/mol. The molecule has 0 saturated carbocycles. The Morgan fingerprint density at radius 2 is 1.38 bits per heavy atom. The van der Waals surface area contributed by atoms with E-state index in [9.17, 15) is 48.7 Å². The molecule has 17 heteroatoms. The van der Waals surface area contributed by atoms with Gasteiger partial charge in [-0.3, -0.25) is 4.79 Å². The fourth-order valence-electron chi connectivity index (χ4n) is 6.71. The molecule has 9 nitrogen and oxygen atoms in total. The summed E-state index contributed by atoms with van der Waals surface area (Å²) in [5.74, 6) is -0.909. The minimum absolute atomic E-state index is 0.0163. The lowest BCUT2D eigenvalue weighted by Gasteiger charge is -2.38. The van der Waals surface area contributed by atoms with E-state index >= 15 is 0 Å². The zero-order valence-corrected chi connectivity index (χ0v) is 29.2. The number of benzene rings is 3. The molecule has 3 aromatic rings. The number of nitrogens with zero attached hydrogens (tertiary/aromatic N) is 3. The Morgan fingerprint density at radius 3 is 1.92 bits per heavy atom. The third-order valence-corrected chi connectivity index (χ3v) is 12.1. The zero-order valence-electron chi connectivity index (χ0n) is 28.4. The van der Waals surface area contributed by atoms with Crippen molar-refractivity contribution in [1.29, 1.82) is 0 Å². The third kappa shape index (κ3) is 6.91. The van der Waals surface area contributed by atoms with Crippen LogP contribution in [0, 0.1) is 12.7 Å². The van der Waals surface area contributed by atoms with Gasteiger partial charge >= 0.3 is 18.4 Å². The molecule has 2 saturated heterocycles. The van der Waals surface area contributed by atoms with E-state index in [0.29, 0.717) is 17.7 Å². The summed E-state index contributed by atoms with van der Waals surface area (Å²) in [6.07, 6.45) is -12.4. The van der Waals surface area contributed by atoms with Crippen molar-refractivity contribution in [3.63, 3.8) is 0 Å². The number of methoxy groups -OCH3 is 1. The van der Waals surface area contributed by atoms with E-state index in [-0.39, 0.29) is 66.8 Å². The number of urea groups is 1. The van der Waals surface area contributed by atoms with E-state index in [1.54, 1.807) is 11.8 Å². The summed E-state index contributed by atoms with van der Waals surface area (Å²) in [5, 5.41) is 0. The summed E-state index contributed by atoms with van der Waals surface area (Å²) in [6, 6.07) is 10.2. The Bertz CT molecular complexity index is 1880. The van der Waals surface area contributed by atoms with Crippen LogP contribution in [0.2, 0.25) is 0 Å². The van der Waals surface area contributed by atoms with E-state index in [0.717, 1.165) is 36.4 Å². The molecule has 1 atom stereocenters. The number of piperazine rings is 1. The minimum atomic E-state index is -6.04. The van der Waals surface area contributed by atoms with Crippen molar-refractivity contribution in [1.82, 2.24) is 14.7 Å². The van der Waals surface area contributed by atoms with Crippen LogP contribution in [0.15, 0.2) is 71.6 Å². The van der Waals surface area contributed by atoms with E-state index < -0.39 is 63.1 Å². The maximum Gasteiger partial charge on any atom is 0.430 e. The first kappa shape index (κ1) is 38.8. The van der Waals surface area contributed by atoms with Crippen LogP contribution in [-0.4, -0.2) is 93.8 Å². The second-order valence-corrected chi connectivity index (χ2v) is 15.0. The van der Waals surface area contributed by atoms with Gasteiger partial charge in [-0.15, -0.1) is 0 Å². The van der Waals surface area contributed by atoms with Crippen LogP contribution in [-0.2, 0) is 36.3 Å². The van der Waals surface area contributed by atoms with Gasteiger partial charge in [0.05, 0.1) is 18.6 Å². The first-order chi connectivity index (χ1) is 24.3. The lowest BCUT2D eigenvalue weighted by Crippen LogP contribution is -2.56. The van der Waals surface area contributed by atoms with Gasteiger partial charge in [0.15, 0.2) is 9.84 Å². The van der Waals surface area contributed by atoms with E-state index in [4.69, 9.17) is 9.47 Å². The summed E-state index contributed by atoms with van der Waals surface area (Å²) in [7, 11) is -3.36. The Kier molecular flexibility index (Phi) is 10.6. The van der Waals surface area contributed by atoms with Crippen molar-refractivity contribution in [2.45, 2.75) is 54.5 Å². The number of carbonyl (C=O) groups is 2. The molecule has 2 fully saturated rings. The molecule has 0 bridgehead atoms. The highest BCUT2D eigenvalue weighted by molar-refractivity contribution is 7.92. The second kappa shape index (κ2) is 14.2.